The molecular weight excluding hydrogens is 498 g/mol. The molecule has 0 heterocycles. The summed E-state index contributed by atoms with van der Waals surface area (Å²) in [5, 5.41) is 2.98. The van der Waals surface area contributed by atoms with Gasteiger partial charge in [-0.1, -0.05) is 91.7 Å². The van der Waals surface area contributed by atoms with Crippen molar-refractivity contribution < 1.29 is 18.0 Å². The van der Waals surface area contributed by atoms with Gasteiger partial charge in [-0.25, -0.2) is 8.42 Å². The first kappa shape index (κ1) is 29.1. The van der Waals surface area contributed by atoms with E-state index < -0.39 is 28.5 Å². The summed E-state index contributed by atoms with van der Waals surface area (Å²) in [6.07, 6.45) is 2.07. The third-order valence-electron chi connectivity index (χ3n) is 6.38. The van der Waals surface area contributed by atoms with Gasteiger partial charge in [-0.3, -0.25) is 9.59 Å². The highest BCUT2D eigenvalue weighted by atomic mass is 32.2. The Morgan fingerprint density at radius 1 is 0.868 bits per heavy atom. The third kappa shape index (κ3) is 8.00. The van der Waals surface area contributed by atoms with Gasteiger partial charge in [-0.2, -0.15) is 4.31 Å². The summed E-state index contributed by atoms with van der Waals surface area (Å²) in [6.45, 7) is 4.22. The molecule has 38 heavy (non-hydrogen) atoms. The molecule has 2 amide bonds. The number of likely N-dealkylation sites (N-methyl/N-ethyl adjacent to an activating group) is 1. The van der Waals surface area contributed by atoms with Crippen molar-refractivity contribution >= 4 is 21.8 Å². The van der Waals surface area contributed by atoms with Gasteiger partial charge in [0, 0.05) is 26.6 Å². The lowest BCUT2D eigenvalue weighted by Crippen LogP contribution is -2.53. The molecule has 0 saturated carbocycles. The molecule has 0 aliphatic heterocycles. The van der Waals surface area contributed by atoms with Gasteiger partial charge in [0.2, 0.25) is 21.8 Å². The smallest absolute Gasteiger partial charge is 0.243 e. The maximum atomic E-state index is 13.8. The summed E-state index contributed by atoms with van der Waals surface area (Å²) in [6, 6.07) is 24.7. The summed E-state index contributed by atoms with van der Waals surface area (Å²) in [5.41, 5.74) is 2.70. The van der Waals surface area contributed by atoms with E-state index in [4.69, 9.17) is 0 Å². The molecule has 1 N–H and O–H groups in total. The minimum absolute atomic E-state index is 0.117. The van der Waals surface area contributed by atoms with Crippen LogP contribution in [-0.4, -0.2) is 55.6 Å². The van der Waals surface area contributed by atoms with Crippen LogP contribution in [0.15, 0.2) is 89.8 Å². The Morgan fingerprint density at radius 3 is 2.03 bits per heavy atom. The first-order valence-corrected chi connectivity index (χ1v) is 14.3. The average molecular weight is 536 g/mol. The van der Waals surface area contributed by atoms with E-state index in [0.29, 0.717) is 13.0 Å². The number of hydrogen-bond donors (Lipinski definition) is 1. The van der Waals surface area contributed by atoms with E-state index in [0.717, 1.165) is 33.8 Å². The molecule has 0 aliphatic carbocycles. The van der Waals surface area contributed by atoms with E-state index in [1.165, 1.54) is 24.1 Å². The second-order valence-corrected chi connectivity index (χ2v) is 11.5. The SMILES string of the molecule is CCCCNC(=O)C(Cc1ccccc1)N(Cc1ccccc1)C(=O)CN(C)S(=O)(=O)c1ccc(C)cc1. The molecule has 0 bridgehead atoms. The van der Waals surface area contributed by atoms with Crippen LogP contribution in [0.4, 0.5) is 0 Å². The van der Waals surface area contributed by atoms with Gasteiger partial charge >= 0.3 is 0 Å². The van der Waals surface area contributed by atoms with Crippen LogP contribution >= 0.6 is 0 Å². The van der Waals surface area contributed by atoms with E-state index in [-0.39, 0.29) is 17.3 Å². The lowest BCUT2D eigenvalue weighted by atomic mass is 10.0. The summed E-state index contributed by atoms with van der Waals surface area (Å²) >= 11 is 0. The van der Waals surface area contributed by atoms with Gasteiger partial charge in [0.25, 0.3) is 0 Å². The van der Waals surface area contributed by atoms with Crippen LogP contribution in [0.2, 0.25) is 0 Å². The fourth-order valence-corrected chi connectivity index (χ4v) is 5.22. The van der Waals surface area contributed by atoms with Crippen LogP contribution in [0, 0.1) is 6.92 Å². The molecule has 0 aromatic heterocycles. The quantitative estimate of drug-likeness (QED) is 0.333. The number of rotatable bonds is 13. The monoisotopic (exact) mass is 535 g/mol. The fraction of sp³-hybridized carbons (Fsp3) is 0.333. The molecule has 0 aliphatic rings. The number of carbonyl (C=O) groups excluding carboxylic acids is 2. The Morgan fingerprint density at radius 2 is 1.45 bits per heavy atom. The number of unbranched alkanes of at least 4 members (excludes halogenated alkanes) is 1. The highest BCUT2D eigenvalue weighted by Crippen LogP contribution is 2.18. The van der Waals surface area contributed by atoms with E-state index in [1.54, 1.807) is 12.1 Å². The van der Waals surface area contributed by atoms with E-state index >= 15 is 0 Å². The van der Waals surface area contributed by atoms with Crippen molar-refractivity contribution in [1.29, 1.82) is 0 Å². The zero-order valence-electron chi connectivity index (χ0n) is 22.3. The maximum absolute atomic E-state index is 13.8. The van der Waals surface area contributed by atoms with E-state index in [9.17, 15) is 18.0 Å². The Hall–Kier alpha value is -3.49. The summed E-state index contributed by atoms with van der Waals surface area (Å²) in [4.78, 5) is 28.9. The number of nitrogens with one attached hydrogen (secondary N) is 1. The normalized spacial score (nSPS) is 12.2. The van der Waals surface area contributed by atoms with E-state index in [2.05, 4.69) is 5.32 Å². The van der Waals surface area contributed by atoms with E-state index in [1.807, 2.05) is 74.5 Å². The molecule has 3 aromatic carbocycles. The molecule has 0 fully saturated rings. The van der Waals surface area contributed by atoms with Crippen LogP contribution in [-0.2, 0) is 32.6 Å². The number of carbonyl (C=O) groups is 2. The van der Waals surface area contributed by atoms with Gasteiger partial charge in [-0.05, 0) is 36.6 Å². The number of amides is 2. The molecule has 0 spiro atoms. The van der Waals surface area contributed by atoms with Crippen molar-refractivity contribution in [1.82, 2.24) is 14.5 Å². The summed E-state index contributed by atoms with van der Waals surface area (Å²) < 4.78 is 27.5. The molecule has 3 rings (SSSR count). The zero-order valence-corrected chi connectivity index (χ0v) is 23.2. The molecule has 8 heteroatoms. The van der Waals surface area contributed by atoms with Crippen LogP contribution in [0.1, 0.15) is 36.5 Å². The molecule has 0 radical (unpaired) electrons. The maximum Gasteiger partial charge on any atom is 0.243 e. The molecular formula is C30H37N3O4S. The lowest BCUT2D eigenvalue weighted by molar-refractivity contribution is -0.141. The predicted molar refractivity (Wildman–Crippen MR) is 150 cm³/mol. The summed E-state index contributed by atoms with van der Waals surface area (Å²) in [7, 11) is -2.50. The molecule has 1 atom stereocenters. The van der Waals surface area contributed by atoms with Crippen LogP contribution in [0.25, 0.3) is 0 Å². The number of benzene rings is 3. The number of nitrogens with zero attached hydrogens (tertiary/aromatic N) is 2. The van der Waals surface area contributed by atoms with Gasteiger partial charge < -0.3 is 10.2 Å². The Kier molecular flexibility index (Phi) is 10.6. The first-order chi connectivity index (χ1) is 18.2. The van der Waals surface area contributed by atoms with Crippen molar-refractivity contribution in [2.24, 2.45) is 0 Å². The average Bonchev–Trinajstić information content (AvgIpc) is 2.92. The third-order valence-corrected chi connectivity index (χ3v) is 8.20. The van der Waals surface area contributed by atoms with Gasteiger partial charge in [0.1, 0.15) is 6.04 Å². The summed E-state index contributed by atoms with van der Waals surface area (Å²) in [5.74, 6) is -0.700. The van der Waals surface area contributed by atoms with Crippen LogP contribution in [0.3, 0.4) is 0 Å². The lowest BCUT2D eigenvalue weighted by Gasteiger charge is -2.32. The Labute approximate surface area is 226 Å². The second-order valence-electron chi connectivity index (χ2n) is 9.43. The van der Waals surface area contributed by atoms with Crippen molar-refractivity contribution in [3.05, 3.63) is 102 Å². The highest BCUT2D eigenvalue weighted by molar-refractivity contribution is 7.89. The van der Waals surface area contributed by atoms with Crippen LogP contribution in [0.5, 0.6) is 0 Å². The van der Waals surface area contributed by atoms with Gasteiger partial charge in [0.15, 0.2) is 0 Å². The van der Waals surface area contributed by atoms with Crippen molar-refractivity contribution in [2.45, 2.75) is 50.6 Å². The van der Waals surface area contributed by atoms with Crippen molar-refractivity contribution in [2.75, 3.05) is 20.1 Å². The second kappa shape index (κ2) is 13.9. The minimum atomic E-state index is -3.89. The van der Waals surface area contributed by atoms with Crippen molar-refractivity contribution in [3.8, 4) is 0 Å². The van der Waals surface area contributed by atoms with Gasteiger partial charge in [0.05, 0.1) is 11.4 Å². The number of hydrogen-bond acceptors (Lipinski definition) is 4. The fourth-order valence-electron chi connectivity index (χ4n) is 4.10. The Bertz CT molecular complexity index is 1280. The van der Waals surface area contributed by atoms with Crippen LogP contribution < -0.4 is 5.32 Å². The number of aryl methyl sites for hydroxylation is 1. The molecule has 0 saturated heterocycles. The number of sulfonamides is 1. The molecule has 7 nitrogen and oxygen atoms in total. The molecule has 202 valence electrons. The molecule has 3 aromatic rings. The standard InChI is InChI=1S/C30H37N3O4S/c1-4-5-20-31-30(35)28(21-25-12-8-6-9-13-25)33(22-26-14-10-7-11-15-26)29(34)23-32(3)38(36,37)27-18-16-24(2)17-19-27/h6-19,28H,4-5,20-23H2,1-3H3,(H,31,35). The first-order valence-electron chi connectivity index (χ1n) is 12.9. The van der Waals surface area contributed by atoms with Gasteiger partial charge in [-0.15, -0.1) is 0 Å². The topological polar surface area (TPSA) is 86.8 Å². The highest BCUT2D eigenvalue weighted by Gasteiger charge is 2.32. The minimum Gasteiger partial charge on any atom is -0.354 e. The Balaban J connectivity index is 1.92. The van der Waals surface area contributed by atoms with Crippen molar-refractivity contribution in [3.63, 3.8) is 0 Å². The largest absolute Gasteiger partial charge is 0.354 e. The zero-order chi connectivity index (χ0) is 27.5. The molecule has 1 unspecified atom stereocenters. The predicted octanol–water partition coefficient (Wildman–Crippen LogP) is 4.17.